The quantitative estimate of drug-likeness (QED) is 0.858. The van der Waals surface area contributed by atoms with Crippen LogP contribution in [0.1, 0.15) is 30.6 Å². The van der Waals surface area contributed by atoms with E-state index in [1.165, 1.54) is 0 Å². The number of nitrogens with one attached hydrogen (secondary N) is 1. The molecule has 2 N–H and O–H groups in total. The lowest BCUT2D eigenvalue weighted by Crippen LogP contribution is -2.35. The molecule has 5 heteroatoms. The molecule has 5 nitrogen and oxygen atoms in total. The Labute approximate surface area is 123 Å². The summed E-state index contributed by atoms with van der Waals surface area (Å²) in [5, 5.41) is 9.80. The summed E-state index contributed by atoms with van der Waals surface area (Å²) in [4.78, 5) is 28.0. The maximum atomic E-state index is 12.6. The van der Waals surface area contributed by atoms with Crippen molar-refractivity contribution in [1.29, 1.82) is 0 Å². The zero-order chi connectivity index (χ0) is 15.4. The average molecular weight is 288 g/mol. The van der Waals surface area contributed by atoms with Crippen molar-refractivity contribution in [3.8, 4) is 0 Å². The van der Waals surface area contributed by atoms with E-state index in [1.54, 1.807) is 11.0 Å². The van der Waals surface area contributed by atoms with E-state index in [0.717, 1.165) is 10.9 Å². The Morgan fingerprint density at radius 3 is 2.71 bits per heavy atom. The molecule has 2 aromatic rings. The number of benzene rings is 1. The number of hydrogen-bond acceptors (Lipinski definition) is 2. The highest BCUT2D eigenvalue weighted by Crippen LogP contribution is 2.16. The lowest BCUT2D eigenvalue weighted by molar-refractivity contribution is -0.137. The van der Waals surface area contributed by atoms with Crippen LogP contribution in [-0.2, 0) is 4.79 Å². The van der Waals surface area contributed by atoms with Crippen LogP contribution in [-0.4, -0.2) is 40.0 Å². The van der Waals surface area contributed by atoms with E-state index in [1.807, 2.05) is 38.2 Å². The monoisotopic (exact) mass is 288 g/mol. The van der Waals surface area contributed by atoms with Gasteiger partial charge in [-0.15, -0.1) is 0 Å². The van der Waals surface area contributed by atoms with Gasteiger partial charge in [-0.05, 0) is 30.2 Å². The molecule has 1 aromatic heterocycles. The number of carboxylic acids is 1. The normalized spacial score (nSPS) is 11.0. The molecule has 0 bridgehead atoms. The predicted molar refractivity (Wildman–Crippen MR) is 81.3 cm³/mol. The summed E-state index contributed by atoms with van der Waals surface area (Å²) in [7, 11) is 0. The summed E-state index contributed by atoms with van der Waals surface area (Å²) in [6.45, 7) is 4.81. The number of rotatable bonds is 6. The lowest BCUT2D eigenvalue weighted by atomic mass is 10.1. The summed E-state index contributed by atoms with van der Waals surface area (Å²) in [5.41, 5.74) is 1.57. The minimum Gasteiger partial charge on any atom is -0.481 e. The Morgan fingerprint density at radius 2 is 2.05 bits per heavy atom. The van der Waals surface area contributed by atoms with Crippen molar-refractivity contribution in [3.63, 3.8) is 0 Å². The predicted octanol–water partition coefficient (Wildman–Crippen LogP) is 2.74. The highest BCUT2D eigenvalue weighted by atomic mass is 16.4. The van der Waals surface area contributed by atoms with E-state index >= 15 is 0 Å². The van der Waals surface area contributed by atoms with Gasteiger partial charge in [-0.25, -0.2) is 0 Å². The summed E-state index contributed by atoms with van der Waals surface area (Å²) < 4.78 is 0. The van der Waals surface area contributed by atoms with Gasteiger partial charge in [-0.2, -0.15) is 0 Å². The fourth-order valence-electron chi connectivity index (χ4n) is 2.32. The molecular formula is C16H20N2O3. The fraction of sp³-hybridized carbons (Fsp3) is 0.375. The molecule has 0 fully saturated rings. The van der Waals surface area contributed by atoms with Gasteiger partial charge in [0.05, 0.1) is 6.42 Å². The van der Waals surface area contributed by atoms with Crippen LogP contribution >= 0.6 is 0 Å². The first kappa shape index (κ1) is 15.1. The number of aromatic nitrogens is 1. The molecule has 0 atom stereocenters. The van der Waals surface area contributed by atoms with Crippen LogP contribution in [0, 0.1) is 5.92 Å². The fourth-order valence-corrected chi connectivity index (χ4v) is 2.32. The zero-order valence-electron chi connectivity index (χ0n) is 12.3. The van der Waals surface area contributed by atoms with Crippen molar-refractivity contribution in [2.24, 2.45) is 5.92 Å². The van der Waals surface area contributed by atoms with Gasteiger partial charge < -0.3 is 15.0 Å². The first-order valence-corrected chi connectivity index (χ1v) is 7.05. The van der Waals surface area contributed by atoms with E-state index < -0.39 is 5.97 Å². The molecule has 0 unspecified atom stereocenters. The number of H-pyrrole nitrogens is 1. The smallest absolute Gasteiger partial charge is 0.305 e. The molecule has 2 rings (SSSR count). The van der Waals surface area contributed by atoms with Crippen molar-refractivity contribution >= 4 is 22.8 Å². The summed E-state index contributed by atoms with van der Waals surface area (Å²) >= 11 is 0. The molecule has 0 spiro atoms. The molecule has 0 saturated carbocycles. The van der Waals surface area contributed by atoms with E-state index in [2.05, 4.69) is 4.98 Å². The lowest BCUT2D eigenvalue weighted by Gasteiger charge is -2.24. The SMILES string of the molecule is CC(C)CN(CCC(=O)O)C(=O)c1ccc2[nH]ccc2c1. The number of nitrogens with zero attached hydrogens (tertiary/aromatic N) is 1. The Hall–Kier alpha value is -2.30. The van der Waals surface area contributed by atoms with Crippen molar-refractivity contribution < 1.29 is 14.7 Å². The molecule has 0 aliphatic carbocycles. The van der Waals surface area contributed by atoms with Crippen LogP contribution in [0.25, 0.3) is 10.9 Å². The average Bonchev–Trinajstić information content (AvgIpc) is 2.89. The zero-order valence-corrected chi connectivity index (χ0v) is 12.3. The van der Waals surface area contributed by atoms with Crippen molar-refractivity contribution in [2.45, 2.75) is 20.3 Å². The third-order valence-corrected chi connectivity index (χ3v) is 3.27. The largest absolute Gasteiger partial charge is 0.481 e. The molecule has 0 aliphatic heterocycles. The van der Waals surface area contributed by atoms with E-state index in [9.17, 15) is 9.59 Å². The van der Waals surface area contributed by atoms with Crippen LogP contribution in [0.2, 0.25) is 0 Å². The molecule has 1 aromatic carbocycles. The number of amides is 1. The van der Waals surface area contributed by atoms with Gasteiger partial charge in [0.1, 0.15) is 0 Å². The van der Waals surface area contributed by atoms with Crippen LogP contribution < -0.4 is 0 Å². The van der Waals surface area contributed by atoms with Gasteiger partial charge in [-0.3, -0.25) is 9.59 Å². The van der Waals surface area contributed by atoms with Gasteiger partial charge in [-0.1, -0.05) is 13.8 Å². The van der Waals surface area contributed by atoms with Crippen LogP contribution in [0.15, 0.2) is 30.5 Å². The van der Waals surface area contributed by atoms with E-state index in [4.69, 9.17) is 5.11 Å². The number of carbonyl (C=O) groups is 2. The Morgan fingerprint density at radius 1 is 1.29 bits per heavy atom. The highest BCUT2D eigenvalue weighted by Gasteiger charge is 2.18. The second kappa shape index (κ2) is 6.43. The number of carbonyl (C=O) groups excluding carboxylic acids is 1. The molecule has 112 valence electrons. The van der Waals surface area contributed by atoms with Crippen LogP contribution in [0.4, 0.5) is 0 Å². The molecule has 0 saturated heterocycles. The molecule has 0 aliphatic rings. The Balaban J connectivity index is 2.20. The standard InChI is InChI=1S/C16H20N2O3/c1-11(2)10-18(8-6-15(19)20)16(21)13-3-4-14-12(9-13)5-7-17-14/h3-5,7,9,11,17H,6,8,10H2,1-2H3,(H,19,20). The maximum absolute atomic E-state index is 12.6. The summed E-state index contributed by atoms with van der Waals surface area (Å²) in [6.07, 6.45) is 1.79. The topological polar surface area (TPSA) is 73.4 Å². The van der Waals surface area contributed by atoms with Crippen LogP contribution in [0.3, 0.4) is 0 Å². The minimum absolute atomic E-state index is 0.0368. The second-order valence-corrected chi connectivity index (χ2v) is 5.57. The van der Waals surface area contributed by atoms with Crippen molar-refractivity contribution in [3.05, 3.63) is 36.0 Å². The van der Waals surface area contributed by atoms with Crippen LogP contribution in [0.5, 0.6) is 0 Å². The number of aromatic amines is 1. The minimum atomic E-state index is -0.891. The second-order valence-electron chi connectivity index (χ2n) is 5.57. The number of carboxylic acid groups (broad SMARTS) is 1. The van der Waals surface area contributed by atoms with Crippen molar-refractivity contribution in [2.75, 3.05) is 13.1 Å². The van der Waals surface area contributed by atoms with Gasteiger partial charge in [0, 0.05) is 35.8 Å². The molecule has 1 heterocycles. The number of aliphatic carboxylic acids is 1. The van der Waals surface area contributed by atoms with Gasteiger partial charge in [0.15, 0.2) is 0 Å². The molecule has 1 amide bonds. The molecule has 0 radical (unpaired) electrons. The third-order valence-electron chi connectivity index (χ3n) is 3.27. The summed E-state index contributed by atoms with van der Waals surface area (Å²) in [6, 6.07) is 7.39. The van der Waals surface area contributed by atoms with Gasteiger partial charge >= 0.3 is 5.97 Å². The Bertz CT molecular complexity index is 646. The molecule has 21 heavy (non-hydrogen) atoms. The van der Waals surface area contributed by atoms with Gasteiger partial charge in [0.25, 0.3) is 5.91 Å². The first-order chi connectivity index (χ1) is 9.97. The highest BCUT2D eigenvalue weighted by molar-refractivity contribution is 5.98. The van der Waals surface area contributed by atoms with Gasteiger partial charge in [0.2, 0.25) is 0 Å². The van der Waals surface area contributed by atoms with Crippen molar-refractivity contribution in [1.82, 2.24) is 9.88 Å². The first-order valence-electron chi connectivity index (χ1n) is 7.05. The summed E-state index contributed by atoms with van der Waals surface area (Å²) in [5.74, 6) is -0.718. The maximum Gasteiger partial charge on any atom is 0.305 e. The van der Waals surface area contributed by atoms with E-state index in [0.29, 0.717) is 18.0 Å². The molecular weight excluding hydrogens is 268 g/mol. The third kappa shape index (κ3) is 3.84. The number of fused-ring (bicyclic) bond motifs is 1. The van der Waals surface area contributed by atoms with E-state index in [-0.39, 0.29) is 18.9 Å². The number of hydrogen-bond donors (Lipinski definition) is 2. The Kier molecular flexibility index (Phi) is 4.62.